The van der Waals surface area contributed by atoms with Gasteiger partial charge in [-0.05, 0) is 32.7 Å². The fourth-order valence-corrected chi connectivity index (χ4v) is 1.55. The summed E-state index contributed by atoms with van der Waals surface area (Å²) < 4.78 is 5.67. The number of rotatable bonds is 4. The first kappa shape index (κ1) is 8.75. The Morgan fingerprint density at radius 3 is 2.92 bits per heavy atom. The lowest BCUT2D eigenvalue weighted by Crippen LogP contribution is -2.00. The Morgan fingerprint density at radius 2 is 2.31 bits per heavy atom. The number of hydrogen-bond donors (Lipinski definition) is 1. The second-order valence-corrected chi connectivity index (χ2v) is 3.72. The molecular formula is C10H16N2O. The van der Waals surface area contributed by atoms with Crippen LogP contribution in [-0.4, -0.2) is 11.5 Å². The molecular weight excluding hydrogens is 164 g/mol. The van der Waals surface area contributed by atoms with Crippen molar-refractivity contribution in [2.75, 3.05) is 6.54 Å². The van der Waals surface area contributed by atoms with Crippen LogP contribution in [0.25, 0.3) is 0 Å². The predicted molar refractivity (Wildman–Crippen MR) is 50.6 cm³/mol. The Labute approximate surface area is 78.3 Å². The maximum atomic E-state index is 5.67. The van der Waals surface area contributed by atoms with E-state index in [4.69, 9.17) is 10.2 Å². The average Bonchev–Trinajstić information content (AvgIpc) is 2.88. The molecule has 1 aliphatic rings. The van der Waals surface area contributed by atoms with Gasteiger partial charge in [0.05, 0.1) is 5.69 Å². The van der Waals surface area contributed by atoms with Crippen LogP contribution in [0.3, 0.4) is 0 Å². The zero-order chi connectivity index (χ0) is 9.26. The Kier molecular flexibility index (Phi) is 2.36. The van der Waals surface area contributed by atoms with Crippen molar-refractivity contribution >= 4 is 0 Å². The summed E-state index contributed by atoms with van der Waals surface area (Å²) in [5, 5.41) is 0. The largest absolute Gasteiger partial charge is 0.445 e. The molecule has 0 aromatic carbocycles. The SMILES string of the molecule is Cc1nc(CCCN)oc1C1CC1. The highest BCUT2D eigenvalue weighted by Crippen LogP contribution is 2.41. The summed E-state index contributed by atoms with van der Waals surface area (Å²) in [7, 11) is 0. The number of hydrogen-bond acceptors (Lipinski definition) is 3. The molecule has 0 radical (unpaired) electrons. The first-order chi connectivity index (χ1) is 6.31. The maximum Gasteiger partial charge on any atom is 0.194 e. The van der Waals surface area contributed by atoms with E-state index in [1.165, 1.54) is 12.8 Å². The highest BCUT2D eigenvalue weighted by Gasteiger charge is 2.29. The Hall–Kier alpha value is -0.830. The fraction of sp³-hybridized carbons (Fsp3) is 0.700. The summed E-state index contributed by atoms with van der Waals surface area (Å²) in [6, 6.07) is 0. The molecule has 0 amide bonds. The molecule has 0 atom stereocenters. The van der Waals surface area contributed by atoms with Gasteiger partial charge < -0.3 is 10.2 Å². The number of oxazole rings is 1. The second kappa shape index (κ2) is 3.50. The van der Waals surface area contributed by atoms with Gasteiger partial charge in [-0.3, -0.25) is 0 Å². The first-order valence-electron chi connectivity index (χ1n) is 4.97. The maximum absolute atomic E-state index is 5.67. The van der Waals surface area contributed by atoms with Crippen LogP contribution >= 0.6 is 0 Å². The minimum absolute atomic E-state index is 0.666. The molecule has 0 bridgehead atoms. The summed E-state index contributed by atoms with van der Waals surface area (Å²) >= 11 is 0. The van der Waals surface area contributed by atoms with Crippen LogP contribution in [0, 0.1) is 6.92 Å². The van der Waals surface area contributed by atoms with Crippen molar-refractivity contribution in [2.24, 2.45) is 5.73 Å². The normalized spacial score (nSPS) is 16.5. The Balaban J connectivity index is 2.05. The summed E-state index contributed by atoms with van der Waals surface area (Å²) in [6.45, 7) is 2.74. The van der Waals surface area contributed by atoms with E-state index < -0.39 is 0 Å². The van der Waals surface area contributed by atoms with E-state index in [0.717, 1.165) is 30.2 Å². The zero-order valence-electron chi connectivity index (χ0n) is 8.05. The molecule has 13 heavy (non-hydrogen) atoms. The lowest BCUT2D eigenvalue weighted by atomic mass is 10.3. The van der Waals surface area contributed by atoms with Crippen LogP contribution in [0.5, 0.6) is 0 Å². The summed E-state index contributed by atoms with van der Waals surface area (Å²) in [6.07, 6.45) is 4.38. The highest BCUT2D eigenvalue weighted by molar-refractivity contribution is 5.17. The third kappa shape index (κ3) is 1.91. The van der Waals surface area contributed by atoms with Gasteiger partial charge in [0, 0.05) is 12.3 Å². The number of aryl methyl sites for hydroxylation is 2. The molecule has 2 rings (SSSR count). The molecule has 0 spiro atoms. The topological polar surface area (TPSA) is 52.0 Å². The van der Waals surface area contributed by atoms with Crippen molar-refractivity contribution in [3.05, 3.63) is 17.3 Å². The minimum Gasteiger partial charge on any atom is -0.445 e. The van der Waals surface area contributed by atoms with E-state index in [9.17, 15) is 0 Å². The Bertz CT molecular complexity index is 289. The van der Waals surface area contributed by atoms with E-state index in [0.29, 0.717) is 12.5 Å². The van der Waals surface area contributed by atoms with Crippen LogP contribution in [0.15, 0.2) is 4.42 Å². The Morgan fingerprint density at radius 1 is 1.54 bits per heavy atom. The van der Waals surface area contributed by atoms with Crippen molar-refractivity contribution in [1.82, 2.24) is 4.98 Å². The van der Waals surface area contributed by atoms with E-state index in [1.807, 2.05) is 6.92 Å². The van der Waals surface area contributed by atoms with Crippen LogP contribution in [0.4, 0.5) is 0 Å². The summed E-state index contributed by atoms with van der Waals surface area (Å²) in [5.74, 6) is 2.65. The molecule has 0 saturated heterocycles. The van der Waals surface area contributed by atoms with Crippen LogP contribution < -0.4 is 5.73 Å². The molecule has 2 N–H and O–H groups in total. The van der Waals surface area contributed by atoms with E-state index in [1.54, 1.807) is 0 Å². The predicted octanol–water partition coefficient (Wildman–Crippen LogP) is 1.75. The van der Waals surface area contributed by atoms with Gasteiger partial charge in [-0.25, -0.2) is 4.98 Å². The number of nitrogens with two attached hydrogens (primary N) is 1. The monoisotopic (exact) mass is 180 g/mol. The molecule has 0 aliphatic heterocycles. The second-order valence-electron chi connectivity index (χ2n) is 3.72. The zero-order valence-corrected chi connectivity index (χ0v) is 8.05. The van der Waals surface area contributed by atoms with Gasteiger partial charge in [0.15, 0.2) is 5.89 Å². The smallest absolute Gasteiger partial charge is 0.194 e. The van der Waals surface area contributed by atoms with E-state index in [-0.39, 0.29) is 0 Å². The van der Waals surface area contributed by atoms with E-state index >= 15 is 0 Å². The molecule has 1 saturated carbocycles. The molecule has 0 unspecified atom stereocenters. The summed E-state index contributed by atoms with van der Waals surface area (Å²) in [5.41, 5.74) is 6.50. The lowest BCUT2D eigenvalue weighted by molar-refractivity contribution is 0.450. The van der Waals surface area contributed by atoms with Gasteiger partial charge in [0.1, 0.15) is 5.76 Å². The quantitative estimate of drug-likeness (QED) is 0.768. The average molecular weight is 180 g/mol. The molecule has 1 aromatic rings. The molecule has 1 heterocycles. The fourth-order valence-electron chi connectivity index (χ4n) is 1.55. The van der Waals surface area contributed by atoms with Gasteiger partial charge in [0.2, 0.25) is 0 Å². The van der Waals surface area contributed by atoms with E-state index in [2.05, 4.69) is 4.98 Å². The van der Waals surface area contributed by atoms with Crippen molar-refractivity contribution in [3.8, 4) is 0 Å². The third-order valence-electron chi connectivity index (χ3n) is 2.42. The van der Waals surface area contributed by atoms with Crippen molar-refractivity contribution < 1.29 is 4.42 Å². The number of nitrogens with zero attached hydrogens (tertiary/aromatic N) is 1. The van der Waals surface area contributed by atoms with Crippen LogP contribution in [-0.2, 0) is 6.42 Å². The van der Waals surface area contributed by atoms with Crippen molar-refractivity contribution in [3.63, 3.8) is 0 Å². The van der Waals surface area contributed by atoms with Crippen LogP contribution in [0.1, 0.15) is 42.5 Å². The van der Waals surface area contributed by atoms with Gasteiger partial charge in [-0.1, -0.05) is 0 Å². The van der Waals surface area contributed by atoms with Gasteiger partial charge in [-0.2, -0.15) is 0 Å². The highest BCUT2D eigenvalue weighted by atomic mass is 16.4. The molecule has 3 heteroatoms. The van der Waals surface area contributed by atoms with Crippen molar-refractivity contribution in [1.29, 1.82) is 0 Å². The minimum atomic E-state index is 0.666. The van der Waals surface area contributed by atoms with Gasteiger partial charge in [-0.15, -0.1) is 0 Å². The van der Waals surface area contributed by atoms with Crippen molar-refractivity contribution in [2.45, 2.75) is 38.5 Å². The summed E-state index contributed by atoms with van der Waals surface area (Å²) in [4.78, 5) is 4.39. The molecule has 1 aromatic heterocycles. The molecule has 3 nitrogen and oxygen atoms in total. The van der Waals surface area contributed by atoms with Gasteiger partial charge in [0.25, 0.3) is 0 Å². The third-order valence-corrected chi connectivity index (χ3v) is 2.42. The van der Waals surface area contributed by atoms with Gasteiger partial charge >= 0.3 is 0 Å². The standard InChI is InChI=1S/C10H16N2O/c1-7-10(8-4-5-8)13-9(12-7)3-2-6-11/h8H,2-6,11H2,1H3. The molecule has 72 valence electrons. The van der Waals surface area contributed by atoms with Crippen LogP contribution in [0.2, 0.25) is 0 Å². The first-order valence-corrected chi connectivity index (χ1v) is 4.97. The molecule has 1 fully saturated rings. The molecule has 1 aliphatic carbocycles. The number of aromatic nitrogens is 1. The lowest BCUT2D eigenvalue weighted by Gasteiger charge is -1.91.